The normalized spacial score (nSPS) is 24.1. The molecular formula is C15H19N3O2. The molecule has 106 valence electrons. The van der Waals surface area contributed by atoms with Crippen molar-refractivity contribution in [2.45, 2.75) is 44.7 Å². The van der Waals surface area contributed by atoms with Crippen LogP contribution in [0.25, 0.3) is 11.4 Å². The van der Waals surface area contributed by atoms with E-state index < -0.39 is 0 Å². The van der Waals surface area contributed by atoms with Crippen molar-refractivity contribution in [2.24, 2.45) is 5.92 Å². The van der Waals surface area contributed by atoms with Gasteiger partial charge >= 0.3 is 0 Å². The molecule has 2 aromatic heterocycles. The monoisotopic (exact) mass is 273 g/mol. The van der Waals surface area contributed by atoms with Crippen molar-refractivity contribution in [1.29, 1.82) is 0 Å². The fourth-order valence-electron chi connectivity index (χ4n) is 3.41. The molecule has 5 nitrogen and oxygen atoms in total. The van der Waals surface area contributed by atoms with Gasteiger partial charge in [0.25, 0.3) is 0 Å². The van der Waals surface area contributed by atoms with Crippen LogP contribution in [0.3, 0.4) is 0 Å². The average Bonchev–Trinajstić information content (AvgIpc) is 3.09. The van der Waals surface area contributed by atoms with Crippen LogP contribution in [-0.4, -0.2) is 27.6 Å². The van der Waals surface area contributed by atoms with Crippen molar-refractivity contribution in [3.05, 3.63) is 24.5 Å². The van der Waals surface area contributed by atoms with E-state index >= 15 is 0 Å². The molecule has 0 spiro atoms. The van der Waals surface area contributed by atoms with Gasteiger partial charge < -0.3 is 8.94 Å². The Hall–Kier alpha value is -1.62. The molecule has 0 N–H and O–H groups in total. The van der Waals surface area contributed by atoms with Crippen molar-refractivity contribution in [3.8, 4) is 11.4 Å². The van der Waals surface area contributed by atoms with Gasteiger partial charge in [0, 0.05) is 6.04 Å². The van der Waals surface area contributed by atoms with Gasteiger partial charge in [0.05, 0.1) is 18.4 Å². The molecule has 4 rings (SSSR count). The molecule has 20 heavy (non-hydrogen) atoms. The number of hydrogen-bond donors (Lipinski definition) is 0. The Morgan fingerprint density at radius 3 is 2.95 bits per heavy atom. The van der Waals surface area contributed by atoms with E-state index in [4.69, 9.17) is 8.94 Å². The Bertz CT molecular complexity index is 559. The Morgan fingerprint density at radius 2 is 2.20 bits per heavy atom. The first kappa shape index (κ1) is 12.1. The van der Waals surface area contributed by atoms with Gasteiger partial charge in [0.15, 0.2) is 0 Å². The third-order valence-corrected chi connectivity index (χ3v) is 4.69. The highest BCUT2D eigenvalue weighted by atomic mass is 16.5. The van der Waals surface area contributed by atoms with Gasteiger partial charge in [-0.25, -0.2) is 0 Å². The lowest BCUT2D eigenvalue weighted by atomic mass is 9.79. The molecule has 1 aliphatic carbocycles. The largest absolute Gasteiger partial charge is 0.472 e. The molecule has 2 aromatic rings. The van der Waals surface area contributed by atoms with Crippen LogP contribution in [0.4, 0.5) is 0 Å². The number of likely N-dealkylation sites (tertiary alicyclic amines) is 1. The first-order valence-corrected chi connectivity index (χ1v) is 7.49. The molecule has 3 heterocycles. The van der Waals surface area contributed by atoms with Crippen LogP contribution in [0.1, 0.15) is 38.0 Å². The highest BCUT2D eigenvalue weighted by Crippen LogP contribution is 2.37. The van der Waals surface area contributed by atoms with Gasteiger partial charge in [-0.2, -0.15) is 4.98 Å². The zero-order valence-electron chi connectivity index (χ0n) is 11.5. The molecule has 1 atom stereocenters. The first-order chi connectivity index (χ1) is 9.90. The molecule has 0 aromatic carbocycles. The van der Waals surface area contributed by atoms with Crippen molar-refractivity contribution in [1.82, 2.24) is 15.0 Å². The van der Waals surface area contributed by atoms with Crippen LogP contribution >= 0.6 is 0 Å². The highest BCUT2D eigenvalue weighted by molar-refractivity contribution is 5.51. The predicted octanol–water partition coefficient (Wildman–Crippen LogP) is 3.09. The Morgan fingerprint density at radius 1 is 1.25 bits per heavy atom. The smallest absolute Gasteiger partial charge is 0.241 e. The summed E-state index contributed by atoms with van der Waals surface area (Å²) in [5, 5.41) is 4.03. The van der Waals surface area contributed by atoms with Gasteiger partial charge in [-0.3, -0.25) is 4.90 Å². The van der Waals surface area contributed by atoms with Gasteiger partial charge in [0.2, 0.25) is 11.7 Å². The summed E-state index contributed by atoms with van der Waals surface area (Å²) in [5.74, 6) is 2.23. The maximum absolute atomic E-state index is 5.39. The standard InChI is InChI=1S/C15H19N3O2/c1-3-11(4-1)13-5-2-7-18(13)9-14-16-15(17-20-14)12-6-8-19-10-12/h6,8,10-11,13H,1-5,7,9H2/t13-/m1/s1. The second-order valence-electron chi connectivity index (χ2n) is 5.89. The molecule has 1 saturated carbocycles. The summed E-state index contributed by atoms with van der Waals surface area (Å²) in [7, 11) is 0. The predicted molar refractivity (Wildman–Crippen MR) is 72.8 cm³/mol. The number of nitrogens with zero attached hydrogens (tertiary/aromatic N) is 3. The topological polar surface area (TPSA) is 55.3 Å². The zero-order valence-corrected chi connectivity index (χ0v) is 11.5. The average molecular weight is 273 g/mol. The molecule has 1 aliphatic heterocycles. The van der Waals surface area contributed by atoms with Crippen molar-refractivity contribution in [3.63, 3.8) is 0 Å². The van der Waals surface area contributed by atoms with Crippen molar-refractivity contribution >= 4 is 0 Å². The summed E-state index contributed by atoms with van der Waals surface area (Å²) in [4.78, 5) is 7.00. The lowest BCUT2D eigenvalue weighted by Gasteiger charge is -2.36. The van der Waals surface area contributed by atoms with E-state index in [0.717, 1.165) is 30.6 Å². The lowest BCUT2D eigenvalue weighted by Crippen LogP contribution is -2.38. The second kappa shape index (κ2) is 5.05. The number of hydrogen-bond acceptors (Lipinski definition) is 5. The zero-order chi connectivity index (χ0) is 13.4. The number of furan rings is 1. The minimum Gasteiger partial charge on any atom is -0.472 e. The SMILES string of the molecule is c1cc(-c2noc(CN3CCC[C@@H]3C3CCC3)n2)co1. The molecule has 0 amide bonds. The first-order valence-electron chi connectivity index (χ1n) is 7.49. The molecular weight excluding hydrogens is 254 g/mol. The van der Waals surface area contributed by atoms with Crippen molar-refractivity contribution in [2.75, 3.05) is 6.54 Å². The van der Waals surface area contributed by atoms with Crippen LogP contribution in [0.5, 0.6) is 0 Å². The van der Waals surface area contributed by atoms with Crippen molar-refractivity contribution < 1.29 is 8.94 Å². The van der Waals surface area contributed by atoms with Crippen LogP contribution in [0.2, 0.25) is 0 Å². The van der Waals surface area contributed by atoms with Crippen LogP contribution in [0.15, 0.2) is 27.5 Å². The minimum absolute atomic E-state index is 0.619. The van der Waals surface area contributed by atoms with E-state index in [-0.39, 0.29) is 0 Å². The lowest BCUT2D eigenvalue weighted by molar-refractivity contribution is 0.115. The highest BCUT2D eigenvalue weighted by Gasteiger charge is 2.35. The minimum atomic E-state index is 0.619. The summed E-state index contributed by atoms with van der Waals surface area (Å²) in [6.07, 6.45) is 10.1. The summed E-state index contributed by atoms with van der Waals surface area (Å²) < 4.78 is 10.4. The Labute approximate surface area is 118 Å². The molecule has 0 bridgehead atoms. The molecule has 5 heteroatoms. The number of aromatic nitrogens is 2. The van der Waals surface area contributed by atoms with E-state index in [1.54, 1.807) is 12.5 Å². The molecule has 2 fully saturated rings. The van der Waals surface area contributed by atoms with Gasteiger partial charge in [-0.15, -0.1) is 0 Å². The van der Waals surface area contributed by atoms with E-state index in [2.05, 4.69) is 15.0 Å². The van der Waals surface area contributed by atoms with E-state index in [9.17, 15) is 0 Å². The van der Waals surface area contributed by atoms with E-state index in [1.165, 1.54) is 32.1 Å². The maximum atomic E-state index is 5.39. The van der Waals surface area contributed by atoms with Gasteiger partial charge in [-0.05, 0) is 44.2 Å². The van der Waals surface area contributed by atoms with Crippen LogP contribution < -0.4 is 0 Å². The Balaban J connectivity index is 1.46. The second-order valence-corrected chi connectivity index (χ2v) is 5.89. The molecule has 0 radical (unpaired) electrons. The fraction of sp³-hybridized carbons (Fsp3) is 0.600. The third kappa shape index (κ3) is 2.16. The van der Waals surface area contributed by atoms with Gasteiger partial charge in [-0.1, -0.05) is 11.6 Å². The van der Waals surface area contributed by atoms with Crippen LogP contribution in [-0.2, 0) is 6.54 Å². The summed E-state index contributed by atoms with van der Waals surface area (Å²) >= 11 is 0. The number of rotatable bonds is 4. The van der Waals surface area contributed by atoms with E-state index in [0.29, 0.717) is 11.7 Å². The summed E-state index contributed by atoms with van der Waals surface area (Å²) in [6.45, 7) is 1.94. The van der Waals surface area contributed by atoms with E-state index in [1.807, 2.05) is 6.07 Å². The summed E-state index contributed by atoms with van der Waals surface area (Å²) in [6, 6.07) is 2.58. The molecule has 2 aliphatic rings. The third-order valence-electron chi connectivity index (χ3n) is 4.69. The quantitative estimate of drug-likeness (QED) is 0.856. The fourth-order valence-corrected chi connectivity index (χ4v) is 3.41. The summed E-state index contributed by atoms with van der Waals surface area (Å²) in [5.41, 5.74) is 0.872. The molecule has 1 saturated heterocycles. The van der Waals surface area contributed by atoms with Gasteiger partial charge in [0.1, 0.15) is 6.26 Å². The van der Waals surface area contributed by atoms with Crippen LogP contribution in [0, 0.1) is 5.92 Å². The molecule has 0 unspecified atom stereocenters. The Kier molecular flexibility index (Phi) is 3.07. The maximum Gasteiger partial charge on any atom is 0.241 e.